The second kappa shape index (κ2) is 7.08. The molecule has 2 N–H and O–H groups in total. The van der Waals surface area contributed by atoms with Gasteiger partial charge in [0.05, 0.1) is 19.2 Å². The number of nitrogens with one attached hydrogen (secondary N) is 1. The maximum absolute atomic E-state index is 11.6. The van der Waals surface area contributed by atoms with Gasteiger partial charge in [-0.15, -0.1) is 5.10 Å². The van der Waals surface area contributed by atoms with Crippen molar-refractivity contribution in [3.05, 3.63) is 29.8 Å². The number of aliphatic carboxylic acids is 1. The molecule has 0 aliphatic carbocycles. The lowest BCUT2D eigenvalue weighted by atomic mass is 10.1. The second-order valence-corrected chi connectivity index (χ2v) is 5.70. The van der Waals surface area contributed by atoms with Crippen LogP contribution in [0.2, 0.25) is 0 Å². The number of carboxylic acid groups (broad SMARTS) is 1. The fourth-order valence-corrected chi connectivity index (χ4v) is 2.66. The molecule has 0 radical (unpaired) electrons. The lowest BCUT2D eigenvalue weighted by Crippen LogP contribution is -2.26. The van der Waals surface area contributed by atoms with Gasteiger partial charge < -0.3 is 15.2 Å². The molecule has 1 fully saturated rings. The molecule has 1 aliphatic rings. The van der Waals surface area contributed by atoms with Crippen LogP contribution in [-0.2, 0) is 9.59 Å². The van der Waals surface area contributed by atoms with Gasteiger partial charge in [-0.3, -0.25) is 9.59 Å². The van der Waals surface area contributed by atoms with Crippen LogP contribution in [0.3, 0.4) is 0 Å². The van der Waals surface area contributed by atoms with Crippen molar-refractivity contribution in [3.63, 3.8) is 0 Å². The number of nitrogens with zero attached hydrogens (tertiary/aromatic N) is 2. The van der Waals surface area contributed by atoms with Crippen molar-refractivity contribution in [1.29, 1.82) is 0 Å². The maximum atomic E-state index is 11.6. The summed E-state index contributed by atoms with van der Waals surface area (Å²) in [6, 6.07) is 7.34. The molecular weight excluding hydrogens is 306 g/mol. The van der Waals surface area contributed by atoms with Crippen molar-refractivity contribution >= 4 is 34.5 Å². The number of carbonyl (C=O) groups excluding carboxylic acids is 1. The molecular formula is C14H15N3O4S. The zero-order chi connectivity index (χ0) is 16.1. The predicted molar refractivity (Wildman–Crippen MR) is 84.4 cm³/mol. The smallest absolute Gasteiger partial charge is 0.305 e. The van der Waals surface area contributed by atoms with Crippen LogP contribution in [0.15, 0.2) is 34.5 Å². The molecule has 1 amide bonds. The summed E-state index contributed by atoms with van der Waals surface area (Å²) < 4.78 is 5.08. The number of benzene rings is 1. The summed E-state index contributed by atoms with van der Waals surface area (Å²) in [7, 11) is 1.59. The Labute approximate surface area is 131 Å². The van der Waals surface area contributed by atoms with Crippen LogP contribution in [0, 0.1) is 0 Å². The van der Waals surface area contributed by atoms with Crippen molar-refractivity contribution in [2.75, 3.05) is 7.11 Å². The van der Waals surface area contributed by atoms with Gasteiger partial charge in [-0.1, -0.05) is 11.8 Å². The first-order chi connectivity index (χ1) is 10.5. The summed E-state index contributed by atoms with van der Waals surface area (Å²) in [5.74, 6) is -0.631. The first-order valence-electron chi connectivity index (χ1n) is 6.45. The first kappa shape index (κ1) is 16.0. The summed E-state index contributed by atoms with van der Waals surface area (Å²) in [6.07, 6.45) is -0.239. The zero-order valence-electron chi connectivity index (χ0n) is 12.1. The zero-order valence-corrected chi connectivity index (χ0v) is 12.9. The standard InChI is InChI=1S/C14H15N3O4S/c1-8(9-3-5-10(21-2)6-4-9)16-17-14-15-13(20)11(22-14)7-12(18)19/h3-6,11H,7H2,1-2H3,(H,18,19)(H,15,17,20)/b16-8+/t11-/m0/s1. The van der Waals surface area contributed by atoms with Gasteiger partial charge in [0, 0.05) is 0 Å². The highest BCUT2D eigenvalue weighted by Gasteiger charge is 2.32. The Bertz CT molecular complexity index is 640. The maximum Gasteiger partial charge on any atom is 0.305 e. The third kappa shape index (κ3) is 4.08. The Kier molecular flexibility index (Phi) is 5.16. The molecule has 1 saturated heterocycles. The quantitative estimate of drug-likeness (QED) is 0.632. The fraction of sp³-hybridized carbons (Fsp3) is 0.286. The van der Waals surface area contributed by atoms with Gasteiger partial charge in [-0.2, -0.15) is 5.10 Å². The lowest BCUT2D eigenvalue weighted by Gasteiger charge is -2.01. The number of methoxy groups -OCH3 is 1. The first-order valence-corrected chi connectivity index (χ1v) is 7.33. The monoisotopic (exact) mass is 321 g/mol. The van der Waals surface area contributed by atoms with E-state index in [2.05, 4.69) is 15.5 Å². The molecule has 0 bridgehead atoms. The highest BCUT2D eigenvalue weighted by molar-refractivity contribution is 8.15. The SMILES string of the molecule is COc1ccc(/C(C)=N/N=C2\NC(=O)[C@H](CC(=O)O)S2)cc1. The Morgan fingerprint density at radius 2 is 2.09 bits per heavy atom. The molecule has 1 aromatic carbocycles. The second-order valence-electron chi connectivity index (χ2n) is 4.51. The number of rotatable bonds is 5. The predicted octanol–water partition coefficient (Wildman–Crippen LogP) is 1.48. The van der Waals surface area contributed by atoms with Crippen molar-refractivity contribution < 1.29 is 19.4 Å². The third-order valence-corrected chi connectivity index (χ3v) is 4.01. The molecule has 2 rings (SSSR count). The van der Waals surface area contributed by atoms with Crippen LogP contribution < -0.4 is 10.1 Å². The van der Waals surface area contributed by atoms with Crippen molar-refractivity contribution in [3.8, 4) is 5.75 Å². The molecule has 22 heavy (non-hydrogen) atoms. The third-order valence-electron chi connectivity index (χ3n) is 2.94. The number of carboxylic acids is 1. The minimum absolute atomic E-state index is 0.239. The minimum Gasteiger partial charge on any atom is -0.497 e. The van der Waals surface area contributed by atoms with Crippen molar-refractivity contribution in [2.24, 2.45) is 10.2 Å². The normalized spacial score (nSPS) is 20.1. The van der Waals surface area contributed by atoms with E-state index < -0.39 is 11.2 Å². The number of amidine groups is 1. The van der Waals surface area contributed by atoms with Gasteiger partial charge in [-0.25, -0.2) is 0 Å². The van der Waals surface area contributed by atoms with Crippen LogP contribution >= 0.6 is 11.8 Å². The molecule has 1 aromatic rings. The highest BCUT2D eigenvalue weighted by Crippen LogP contribution is 2.22. The Hall–Kier alpha value is -2.35. The van der Waals surface area contributed by atoms with E-state index in [1.165, 1.54) is 0 Å². The number of ether oxygens (including phenoxy) is 1. The Morgan fingerprint density at radius 3 is 2.68 bits per heavy atom. The van der Waals surface area contributed by atoms with Gasteiger partial charge in [0.15, 0.2) is 5.17 Å². The molecule has 1 atom stereocenters. The average Bonchev–Trinajstić information content (AvgIpc) is 2.84. The van der Waals surface area contributed by atoms with Crippen molar-refractivity contribution in [1.82, 2.24) is 5.32 Å². The molecule has 116 valence electrons. The molecule has 7 nitrogen and oxygen atoms in total. The summed E-state index contributed by atoms with van der Waals surface area (Å²) in [5, 5.41) is 18.9. The molecule has 1 aliphatic heterocycles. The largest absolute Gasteiger partial charge is 0.497 e. The van der Waals surface area contributed by atoms with Gasteiger partial charge in [0.25, 0.3) is 0 Å². The van der Waals surface area contributed by atoms with Crippen molar-refractivity contribution in [2.45, 2.75) is 18.6 Å². The van der Waals surface area contributed by atoms with E-state index >= 15 is 0 Å². The summed E-state index contributed by atoms with van der Waals surface area (Å²) in [5.41, 5.74) is 1.55. The van der Waals surface area contributed by atoms with Crippen LogP contribution in [0.25, 0.3) is 0 Å². The lowest BCUT2D eigenvalue weighted by molar-refractivity contribution is -0.138. The van der Waals surface area contributed by atoms with Gasteiger partial charge in [0.2, 0.25) is 5.91 Å². The fourth-order valence-electron chi connectivity index (χ4n) is 1.76. The topological polar surface area (TPSA) is 100 Å². The van der Waals surface area contributed by atoms with E-state index in [1.54, 1.807) is 14.0 Å². The van der Waals surface area contributed by atoms with E-state index in [0.717, 1.165) is 23.1 Å². The van der Waals surface area contributed by atoms with Crippen LogP contribution in [-0.4, -0.2) is 40.2 Å². The number of hydrogen-bond acceptors (Lipinski definition) is 6. The number of carbonyl (C=O) groups is 2. The minimum atomic E-state index is -1.02. The Morgan fingerprint density at radius 1 is 1.41 bits per heavy atom. The van der Waals surface area contributed by atoms with Crippen LogP contribution in [0.5, 0.6) is 5.75 Å². The van der Waals surface area contributed by atoms with Gasteiger partial charge in [-0.05, 0) is 36.8 Å². The number of hydrogen-bond donors (Lipinski definition) is 2. The van der Waals surface area contributed by atoms with Gasteiger partial charge >= 0.3 is 5.97 Å². The van der Waals surface area contributed by atoms with Crippen LogP contribution in [0.4, 0.5) is 0 Å². The molecule has 0 spiro atoms. The summed E-state index contributed by atoms with van der Waals surface area (Å²) in [6.45, 7) is 1.79. The van der Waals surface area contributed by atoms with E-state index in [9.17, 15) is 9.59 Å². The van der Waals surface area contributed by atoms with Gasteiger partial charge in [0.1, 0.15) is 11.0 Å². The summed E-state index contributed by atoms with van der Waals surface area (Å²) in [4.78, 5) is 22.2. The van der Waals surface area contributed by atoms with E-state index in [-0.39, 0.29) is 12.3 Å². The van der Waals surface area contributed by atoms with Crippen LogP contribution in [0.1, 0.15) is 18.9 Å². The number of amides is 1. The molecule has 0 saturated carbocycles. The molecule has 8 heteroatoms. The summed E-state index contributed by atoms with van der Waals surface area (Å²) >= 11 is 1.07. The molecule has 0 aromatic heterocycles. The number of thioether (sulfide) groups is 1. The van der Waals surface area contributed by atoms with E-state index in [4.69, 9.17) is 9.84 Å². The van der Waals surface area contributed by atoms with E-state index in [1.807, 2.05) is 24.3 Å². The molecule has 1 heterocycles. The molecule has 0 unspecified atom stereocenters. The Balaban J connectivity index is 2.06. The van der Waals surface area contributed by atoms with E-state index in [0.29, 0.717) is 10.9 Å². The average molecular weight is 321 g/mol. The highest BCUT2D eigenvalue weighted by atomic mass is 32.2.